The van der Waals surface area contributed by atoms with Crippen LogP contribution in [0.25, 0.3) is 22.5 Å². The van der Waals surface area contributed by atoms with E-state index in [0.29, 0.717) is 18.9 Å². The summed E-state index contributed by atoms with van der Waals surface area (Å²) < 4.78 is 3.29. The molecule has 1 N–H and O–H groups in total. The van der Waals surface area contributed by atoms with E-state index in [4.69, 9.17) is 0 Å². The highest BCUT2D eigenvalue weighted by atomic mass is 16.2. The van der Waals surface area contributed by atoms with E-state index in [-0.39, 0.29) is 11.1 Å². The van der Waals surface area contributed by atoms with Crippen molar-refractivity contribution in [2.24, 2.45) is 0 Å². The van der Waals surface area contributed by atoms with Crippen molar-refractivity contribution in [3.8, 4) is 22.5 Å². The molecule has 8 heteroatoms. The van der Waals surface area contributed by atoms with E-state index in [1.54, 1.807) is 4.57 Å². The molecule has 164 valence electrons. The van der Waals surface area contributed by atoms with Crippen LogP contribution in [-0.4, -0.2) is 35.0 Å². The molecular weight excluding hydrogens is 402 g/mol. The van der Waals surface area contributed by atoms with Gasteiger partial charge in [-0.25, -0.2) is 14.6 Å². The van der Waals surface area contributed by atoms with Crippen molar-refractivity contribution in [2.45, 2.75) is 46.2 Å². The van der Waals surface area contributed by atoms with Gasteiger partial charge in [0.2, 0.25) is 0 Å². The molecule has 2 aromatic heterocycles. The minimum atomic E-state index is -0.246. The first-order chi connectivity index (χ1) is 15.4. The molecule has 0 aliphatic carbocycles. The van der Waals surface area contributed by atoms with Gasteiger partial charge in [0.15, 0.2) is 5.82 Å². The highest BCUT2D eigenvalue weighted by Crippen LogP contribution is 2.30. The summed E-state index contributed by atoms with van der Waals surface area (Å²) in [4.78, 5) is 13.0. The Morgan fingerprint density at radius 2 is 1.75 bits per heavy atom. The maximum Gasteiger partial charge on any atom is 0.346 e. The van der Waals surface area contributed by atoms with Crippen LogP contribution in [-0.2, 0) is 18.5 Å². The number of allylic oxidation sites excluding steroid dienone is 2. The average Bonchev–Trinajstić information content (AvgIpc) is 3.42. The van der Waals surface area contributed by atoms with Gasteiger partial charge < -0.3 is 0 Å². The third-order valence-electron chi connectivity index (χ3n) is 5.24. The van der Waals surface area contributed by atoms with Crippen LogP contribution in [0.2, 0.25) is 0 Å². The van der Waals surface area contributed by atoms with Crippen LogP contribution >= 0.6 is 0 Å². The lowest BCUT2D eigenvalue weighted by molar-refractivity contribution is 0.503. The van der Waals surface area contributed by atoms with Crippen LogP contribution in [0.3, 0.4) is 0 Å². The number of hydrogen-bond donors (Lipinski definition) is 1. The number of aromatic amines is 1. The summed E-state index contributed by atoms with van der Waals surface area (Å²) in [5, 5.41) is 18.9. The normalized spacial score (nSPS) is 12.0. The maximum absolute atomic E-state index is 13.0. The van der Waals surface area contributed by atoms with Crippen molar-refractivity contribution in [3.63, 3.8) is 0 Å². The van der Waals surface area contributed by atoms with Crippen LogP contribution in [0.5, 0.6) is 0 Å². The van der Waals surface area contributed by atoms with E-state index in [1.807, 2.05) is 55.5 Å². The summed E-state index contributed by atoms with van der Waals surface area (Å²) in [6.45, 7) is 9.09. The minimum Gasteiger partial charge on any atom is -0.274 e. The number of tetrazole rings is 1. The van der Waals surface area contributed by atoms with Crippen LogP contribution in [0.1, 0.15) is 39.1 Å². The van der Waals surface area contributed by atoms with Crippen molar-refractivity contribution in [2.75, 3.05) is 0 Å². The summed E-state index contributed by atoms with van der Waals surface area (Å²) in [5.74, 6) is 1.40. The summed E-state index contributed by atoms with van der Waals surface area (Å²) in [5.41, 5.74) is 3.70. The summed E-state index contributed by atoms with van der Waals surface area (Å²) >= 11 is 0. The number of H-pyrrole nitrogens is 1. The number of nitrogens with zero attached hydrogens (tertiary/aromatic N) is 6. The van der Waals surface area contributed by atoms with E-state index in [0.717, 1.165) is 28.1 Å². The molecule has 2 aromatic carbocycles. The van der Waals surface area contributed by atoms with E-state index in [1.165, 1.54) is 4.68 Å². The van der Waals surface area contributed by atoms with Crippen LogP contribution in [0.15, 0.2) is 65.5 Å². The molecule has 0 amide bonds. The largest absolute Gasteiger partial charge is 0.346 e. The third-order valence-corrected chi connectivity index (χ3v) is 5.24. The standard InChI is InChI=1S/C24H27N7O/c1-5-6-15-31-23(32)30(22(27-31)24(2,3)4)16-17-11-13-18(14-12-17)19-9-7-8-10-20(19)21-25-28-29-26-21/h5-14H,15-16H2,1-4H3,(H,25,26,28,29)/b6-5+. The molecule has 0 aliphatic heterocycles. The molecule has 32 heavy (non-hydrogen) atoms. The van der Waals surface area contributed by atoms with Gasteiger partial charge in [0.25, 0.3) is 0 Å². The molecule has 0 atom stereocenters. The summed E-state index contributed by atoms with van der Waals surface area (Å²) in [6, 6.07) is 16.2. The summed E-state index contributed by atoms with van der Waals surface area (Å²) in [6.07, 6.45) is 3.86. The van der Waals surface area contributed by atoms with E-state index in [2.05, 4.69) is 58.6 Å². The van der Waals surface area contributed by atoms with Crippen molar-refractivity contribution in [1.29, 1.82) is 0 Å². The average molecular weight is 430 g/mol. The van der Waals surface area contributed by atoms with E-state index < -0.39 is 0 Å². The van der Waals surface area contributed by atoms with E-state index in [9.17, 15) is 4.79 Å². The van der Waals surface area contributed by atoms with Gasteiger partial charge in [-0.2, -0.15) is 5.10 Å². The number of benzene rings is 2. The Balaban J connectivity index is 1.66. The lowest BCUT2D eigenvalue weighted by atomic mass is 9.95. The van der Waals surface area contributed by atoms with Gasteiger partial charge >= 0.3 is 5.69 Å². The van der Waals surface area contributed by atoms with Crippen molar-refractivity contribution < 1.29 is 0 Å². The number of nitrogens with one attached hydrogen (secondary N) is 1. The van der Waals surface area contributed by atoms with Gasteiger partial charge in [0.05, 0.1) is 13.1 Å². The molecule has 2 heterocycles. The molecule has 0 unspecified atom stereocenters. The molecule has 0 saturated heterocycles. The zero-order valence-electron chi connectivity index (χ0n) is 18.8. The van der Waals surface area contributed by atoms with Crippen LogP contribution in [0, 0.1) is 0 Å². The fourth-order valence-electron chi connectivity index (χ4n) is 3.65. The van der Waals surface area contributed by atoms with Crippen LogP contribution in [0.4, 0.5) is 0 Å². The number of rotatable bonds is 6. The van der Waals surface area contributed by atoms with Gasteiger partial charge in [-0.3, -0.25) is 4.57 Å². The van der Waals surface area contributed by atoms with Crippen molar-refractivity contribution in [3.05, 3.63) is 82.6 Å². The van der Waals surface area contributed by atoms with Gasteiger partial charge in [-0.15, -0.1) is 5.10 Å². The Morgan fingerprint density at radius 3 is 2.38 bits per heavy atom. The molecule has 8 nitrogen and oxygen atoms in total. The van der Waals surface area contributed by atoms with Crippen molar-refractivity contribution in [1.82, 2.24) is 35.0 Å². The lowest BCUT2D eigenvalue weighted by Crippen LogP contribution is -2.28. The van der Waals surface area contributed by atoms with Gasteiger partial charge in [-0.05, 0) is 34.0 Å². The second kappa shape index (κ2) is 8.74. The smallest absolute Gasteiger partial charge is 0.274 e. The molecule has 0 fully saturated rings. The monoisotopic (exact) mass is 429 g/mol. The van der Waals surface area contributed by atoms with Crippen molar-refractivity contribution >= 4 is 0 Å². The second-order valence-corrected chi connectivity index (χ2v) is 8.69. The molecule has 0 bridgehead atoms. The minimum absolute atomic E-state index is 0.0970. The molecule has 0 aliphatic rings. The summed E-state index contributed by atoms with van der Waals surface area (Å²) in [7, 11) is 0. The first kappa shape index (κ1) is 21.4. The quantitative estimate of drug-likeness (QED) is 0.470. The van der Waals surface area contributed by atoms with Crippen LogP contribution < -0.4 is 5.69 Å². The second-order valence-electron chi connectivity index (χ2n) is 8.69. The SMILES string of the molecule is C/C=C/Cn1nc(C(C)(C)C)n(Cc2ccc(-c3ccccc3-c3nnn[nH]3)cc2)c1=O. The molecule has 0 radical (unpaired) electrons. The van der Waals surface area contributed by atoms with E-state index >= 15 is 0 Å². The lowest BCUT2D eigenvalue weighted by Gasteiger charge is -2.18. The van der Waals surface area contributed by atoms with Gasteiger partial charge in [-0.1, -0.05) is 81.5 Å². The zero-order valence-corrected chi connectivity index (χ0v) is 18.8. The number of aromatic nitrogens is 7. The van der Waals surface area contributed by atoms with Gasteiger partial charge in [0, 0.05) is 11.0 Å². The number of hydrogen-bond acceptors (Lipinski definition) is 5. The Morgan fingerprint density at radius 1 is 1.03 bits per heavy atom. The topological polar surface area (TPSA) is 94.3 Å². The first-order valence-electron chi connectivity index (χ1n) is 10.6. The molecule has 0 saturated carbocycles. The Bertz CT molecular complexity index is 1270. The predicted octanol–water partition coefficient (Wildman–Crippen LogP) is 3.81. The molecule has 4 aromatic rings. The molecular formula is C24H27N7O. The highest BCUT2D eigenvalue weighted by molar-refractivity contribution is 5.80. The fraction of sp³-hybridized carbons (Fsp3) is 0.292. The highest BCUT2D eigenvalue weighted by Gasteiger charge is 2.24. The zero-order chi connectivity index (χ0) is 22.7. The third kappa shape index (κ3) is 4.30. The predicted molar refractivity (Wildman–Crippen MR) is 124 cm³/mol. The molecule has 0 spiro atoms. The Kier molecular flexibility index (Phi) is 5.85. The van der Waals surface area contributed by atoms with Gasteiger partial charge in [0.1, 0.15) is 5.82 Å². The fourth-order valence-corrected chi connectivity index (χ4v) is 3.65. The molecule has 4 rings (SSSR count). The Hall–Kier alpha value is -3.81. The first-order valence-corrected chi connectivity index (χ1v) is 10.6. The Labute approximate surface area is 186 Å². The maximum atomic E-state index is 13.0.